The van der Waals surface area contributed by atoms with Gasteiger partial charge in [0.15, 0.2) is 4.34 Å². The molecule has 5 rings (SSSR count). The number of nitrogens with one attached hydrogen (secondary N) is 1. The number of carbonyl (C=O) groups is 1. The third kappa shape index (κ3) is 5.14. The van der Waals surface area contributed by atoms with Crippen LogP contribution < -0.4 is 10.1 Å². The van der Waals surface area contributed by atoms with Gasteiger partial charge in [0, 0.05) is 28.3 Å². The summed E-state index contributed by atoms with van der Waals surface area (Å²) in [7, 11) is 1.52. The number of aromatic nitrogens is 4. The van der Waals surface area contributed by atoms with Crippen LogP contribution in [-0.2, 0) is 6.42 Å². The molecule has 186 valence electrons. The van der Waals surface area contributed by atoms with Gasteiger partial charge in [0.2, 0.25) is 5.13 Å². The second-order valence-corrected chi connectivity index (χ2v) is 11.1. The Kier molecular flexibility index (Phi) is 7.08. The standard InChI is InChI=1S/C25H19ClN6O3S2/c1-12-5-16(17-8-21(26)29-11-19(17)35-2)18(10-28-12)23(34)30-24-31-32-25(37-24)36-20-7-14-4-3-13(9-27)6-15(14)22(20)33/h3-6,8,10-11,20,22,33H,7H2,1-2H3,(H,30,31,34)/t20-,22-/m1/s1. The summed E-state index contributed by atoms with van der Waals surface area (Å²) < 4.78 is 6.04. The van der Waals surface area contributed by atoms with Crippen LogP contribution in [0.4, 0.5) is 5.13 Å². The summed E-state index contributed by atoms with van der Waals surface area (Å²) in [6.07, 6.45) is 2.91. The number of anilines is 1. The average molecular weight is 551 g/mol. The second kappa shape index (κ2) is 10.4. The van der Waals surface area contributed by atoms with E-state index in [0.717, 1.165) is 11.1 Å². The molecule has 1 aromatic carbocycles. The van der Waals surface area contributed by atoms with E-state index in [1.54, 1.807) is 24.3 Å². The molecule has 3 heterocycles. The first-order chi connectivity index (χ1) is 17.9. The molecule has 3 aromatic heterocycles. The van der Waals surface area contributed by atoms with Crippen LogP contribution in [0.25, 0.3) is 11.1 Å². The number of hydrogen-bond donors (Lipinski definition) is 2. The summed E-state index contributed by atoms with van der Waals surface area (Å²) in [5, 5.41) is 31.4. The number of hydrogen-bond acceptors (Lipinski definition) is 10. The number of nitriles is 1. The van der Waals surface area contributed by atoms with E-state index in [4.69, 9.17) is 21.6 Å². The third-order valence-corrected chi connectivity index (χ3v) is 8.26. The van der Waals surface area contributed by atoms with E-state index in [-0.39, 0.29) is 10.4 Å². The van der Waals surface area contributed by atoms with Gasteiger partial charge in [0.25, 0.3) is 5.91 Å². The highest BCUT2D eigenvalue weighted by Gasteiger charge is 2.33. The second-order valence-electron chi connectivity index (χ2n) is 8.24. The molecule has 1 aliphatic rings. The molecule has 0 radical (unpaired) electrons. The number of benzene rings is 1. The lowest BCUT2D eigenvalue weighted by Gasteiger charge is -2.13. The first-order valence-corrected chi connectivity index (χ1v) is 13.1. The smallest absolute Gasteiger partial charge is 0.259 e. The van der Waals surface area contributed by atoms with Gasteiger partial charge in [-0.15, -0.1) is 10.2 Å². The van der Waals surface area contributed by atoms with Crippen molar-refractivity contribution in [1.82, 2.24) is 20.2 Å². The van der Waals surface area contributed by atoms with Crippen LogP contribution in [0.3, 0.4) is 0 Å². The Morgan fingerprint density at radius 3 is 2.86 bits per heavy atom. The molecule has 0 fully saturated rings. The van der Waals surface area contributed by atoms with Gasteiger partial charge in [-0.25, -0.2) is 4.98 Å². The van der Waals surface area contributed by atoms with Crippen LogP contribution in [0, 0.1) is 18.3 Å². The Morgan fingerprint density at radius 2 is 2.08 bits per heavy atom. The normalized spacial score (nSPS) is 16.2. The van der Waals surface area contributed by atoms with Crippen LogP contribution in [0.5, 0.6) is 5.75 Å². The third-order valence-electron chi connectivity index (χ3n) is 5.88. The minimum absolute atomic E-state index is 0.169. The number of halogens is 1. The topological polar surface area (TPSA) is 134 Å². The molecule has 2 N–H and O–H groups in total. The van der Waals surface area contributed by atoms with Gasteiger partial charge < -0.3 is 9.84 Å². The Hall–Kier alpha value is -3.56. The SMILES string of the molecule is COc1cnc(Cl)cc1-c1cc(C)ncc1C(=O)Nc1nnc(S[C@@H]2Cc3ccc(C#N)cc3[C@H]2O)s1. The van der Waals surface area contributed by atoms with Gasteiger partial charge in [0.1, 0.15) is 10.9 Å². The van der Waals surface area contributed by atoms with E-state index in [1.807, 2.05) is 13.0 Å². The quantitative estimate of drug-likeness (QED) is 0.255. The summed E-state index contributed by atoms with van der Waals surface area (Å²) in [6.45, 7) is 1.82. The molecule has 9 nitrogen and oxygen atoms in total. The van der Waals surface area contributed by atoms with Gasteiger partial charge in [-0.1, -0.05) is 40.8 Å². The molecule has 1 amide bonds. The van der Waals surface area contributed by atoms with Crippen LogP contribution in [-0.4, -0.2) is 43.5 Å². The van der Waals surface area contributed by atoms with E-state index in [1.165, 1.54) is 42.6 Å². The molecule has 2 atom stereocenters. The number of rotatable bonds is 6. The molecule has 0 bridgehead atoms. The maximum absolute atomic E-state index is 13.2. The van der Waals surface area contributed by atoms with Crippen molar-refractivity contribution >= 4 is 45.7 Å². The first kappa shape index (κ1) is 25.1. The Balaban J connectivity index is 1.34. The number of aliphatic hydroxyl groups is 1. The van der Waals surface area contributed by atoms with Crippen molar-refractivity contribution in [3.05, 3.63) is 75.8 Å². The van der Waals surface area contributed by atoms with Crippen molar-refractivity contribution in [2.75, 3.05) is 12.4 Å². The van der Waals surface area contributed by atoms with Crippen LogP contribution >= 0.6 is 34.7 Å². The monoisotopic (exact) mass is 550 g/mol. The van der Waals surface area contributed by atoms with Gasteiger partial charge in [-0.3, -0.25) is 15.1 Å². The predicted molar refractivity (Wildman–Crippen MR) is 141 cm³/mol. The number of aliphatic hydroxyl groups excluding tert-OH is 1. The largest absolute Gasteiger partial charge is 0.494 e. The fourth-order valence-corrected chi connectivity index (χ4v) is 6.43. The number of ether oxygens (including phenoxy) is 1. The molecule has 0 unspecified atom stereocenters. The van der Waals surface area contributed by atoms with E-state index >= 15 is 0 Å². The molecule has 0 spiro atoms. The molecule has 1 aliphatic carbocycles. The van der Waals surface area contributed by atoms with Crippen LogP contribution in [0.2, 0.25) is 5.15 Å². The lowest BCUT2D eigenvalue weighted by atomic mass is 10.0. The Labute approximate surface area is 225 Å². The van der Waals surface area contributed by atoms with Crippen molar-refractivity contribution in [3.63, 3.8) is 0 Å². The van der Waals surface area contributed by atoms with Crippen LogP contribution in [0.15, 0.2) is 47.1 Å². The molecular formula is C25H19ClN6O3S2. The summed E-state index contributed by atoms with van der Waals surface area (Å²) >= 11 is 8.73. The number of aryl methyl sites for hydroxylation is 1. The Bertz CT molecular complexity index is 1550. The van der Waals surface area contributed by atoms with Crippen LogP contribution in [0.1, 0.15) is 38.8 Å². The van der Waals surface area contributed by atoms with Crippen molar-refractivity contribution in [2.24, 2.45) is 0 Å². The van der Waals surface area contributed by atoms with Gasteiger partial charge in [-0.2, -0.15) is 5.26 Å². The summed E-state index contributed by atoms with van der Waals surface area (Å²) in [5.74, 6) is 0.0548. The lowest BCUT2D eigenvalue weighted by Crippen LogP contribution is -2.14. The summed E-state index contributed by atoms with van der Waals surface area (Å²) in [4.78, 5) is 21.6. The Morgan fingerprint density at radius 1 is 1.24 bits per heavy atom. The molecule has 37 heavy (non-hydrogen) atoms. The van der Waals surface area contributed by atoms with E-state index in [0.29, 0.717) is 49.6 Å². The number of amides is 1. The minimum atomic E-state index is -0.724. The molecule has 12 heteroatoms. The number of fused-ring (bicyclic) bond motifs is 1. The fourth-order valence-electron chi connectivity index (χ4n) is 4.12. The first-order valence-electron chi connectivity index (χ1n) is 11.1. The number of pyridine rings is 2. The minimum Gasteiger partial charge on any atom is -0.494 e. The average Bonchev–Trinajstić information content (AvgIpc) is 3.47. The summed E-state index contributed by atoms with van der Waals surface area (Å²) in [5.41, 5.74) is 4.52. The zero-order chi connectivity index (χ0) is 26.1. The number of methoxy groups -OCH3 is 1. The van der Waals surface area contributed by atoms with E-state index in [2.05, 4.69) is 31.6 Å². The maximum Gasteiger partial charge on any atom is 0.259 e. The van der Waals surface area contributed by atoms with Crippen molar-refractivity contribution in [3.8, 4) is 22.9 Å². The number of carbonyl (C=O) groups excluding carboxylic acids is 1. The maximum atomic E-state index is 13.2. The van der Waals surface area contributed by atoms with E-state index in [9.17, 15) is 9.90 Å². The highest BCUT2D eigenvalue weighted by molar-refractivity contribution is 8.01. The highest BCUT2D eigenvalue weighted by Crippen LogP contribution is 2.43. The fraction of sp³-hybridized carbons (Fsp3) is 0.200. The molecular weight excluding hydrogens is 532 g/mol. The molecule has 0 saturated heterocycles. The van der Waals surface area contributed by atoms with Crippen molar-refractivity contribution < 1.29 is 14.6 Å². The van der Waals surface area contributed by atoms with Gasteiger partial charge in [-0.05, 0) is 48.7 Å². The lowest BCUT2D eigenvalue weighted by molar-refractivity contribution is 0.102. The molecule has 0 saturated carbocycles. The van der Waals surface area contributed by atoms with E-state index < -0.39 is 12.0 Å². The molecule has 0 aliphatic heterocycles. The molecule has 4 aromatic rings. The zero-order valence-corrected chi connectivity index (χ0v) is 22.0. The van der Waals surface area contributed by atoms with Gasteiger partial charge >= 0.3 is 0 Å². The summed E-state index contributed by atoms with van der Waals surface area (Å²) in [6, 6.07) is 10.9. The zero-order valence-electron chi connectivity index (χ0n) is 19.6. The predicted octanol–water partition coefficient (Wildman–Crippen LogP) is 4.84. The van der Waals surface area contributed by atoms with Crippen molar-refractivity contribution in [2.45, 2.75) is 29.0 Å². The highest BCUT2D eigenvalue weighted by atomic mass is 35.5. The number of nitrogens with zero attached hydrogens (tertiary/aromatic N) is 5. The number of thioether (sulfide) groups is 1. The van der Waals surface area contributed by atoms with Crippen molar-refractivity contribution in [1.29, 1.82) is 5.26 Å². The van der Waals surface area contributed by atoms with Gasteiger partial charge in [0.05, 0.1) is 36.6 Å².